The molecule has 0 aromatic heterocycles. The fourth-order valence-corrected chi connectivity index (χ4v) is 2.23. The average Bonchev–Trinajstić information content (AvgIpc) is 2.47. The van der Waals surface area contributed by atoms with Gasteiger partial charge in [0.05, 0.1) is 17.9 Å². The van der Waals surface area contributed by atoms with E-state index in [1.165, 1.54) is 24.3 Å². The van der Waals surface area contributed by atoms with E-state index in [-0.39, 0.29) is 11.7 Å². The highest BCUT2D eigenvalue weighted by atomic mass is 19.1. The summed E-state index contributed by atoms with van der Waals surface area (Å²) in [6.07, 6.45) is 0. The number of para-hydroxylation sites is 1. The molecule has 20 heavy (non-hydrogen) atoms. The SMILES string of the molecule is Nc1cccc2c1OCCN2C(=O)c1ccc(F)cc1. The van der Waals surface area contributed by atoms with Gasteiger partial charge < -0.3 is 15.4 Å². The molecule has 1 aliphatic rings. The van der Waals surface area contributed by atoms with Gasteiger partial charge in [0.25, 0.3) is 5.91 Å². The maximum atomic E-state index is 12.9. The highest BCUT2D eigenvalue weighted by Crippen LogP contribution is 2.37. The number of hydrogen-bond donors (Lipinski definition) is 1. The fourth-order valence-electron chi connectivity index (χ4n) is 2.23. The Hall–Kier alpha value is -2.56. The first kappa shape index (κ1) is 12.5. The second kappa shape index (κ2) is 4.85. The molecule has 0 fully saturated rings. The molecule has 3 rings (SSSR count). The number of ether oxygens (including phenoxy) is 1. The molecule has 0 saturated carbocycles. The molecular formula is C15H13FN2O2. The number of nitrogens with two attached hydrogens (primary N) is 1. The van der Waals surface area contributed by atoms with Crippen molar-refractivity contribution in [3.05, 3.63) is 53.8 Å². The Morgan fingerprint density at radius 3 is 2.70 bits per heavy atom. The molecule has 2 aromatic rings. The lowest BCUT2D eigenvalue weighted by atomic mass is 10.1. The maximum Gasteiger partial charge on any atom is 0.258 e. The molecule has 5 heteroatoms. The number of hydrogen-bond acceptors (Lipinski definition) is 3. The number of amides is 1. The van der Waals surface area contributed by atoms with Crippen molar-refractivity contribution in [2.24, 2.45) is 0 Å². The first-order valence-corrected chi connectivity index (χ1v) is 6.25. The molecule has 1 heterocycles. The highest BCUT2D eigenvalue weighted by Gasteiger charge is 2.25. The third-order valence-corrected chi connectivity index (χ3v) is 3.21. The Balaban J connectivity index is 1.98. The van der Waals surface area contributed by atoms with Crippen LogP contribution in [-0.4, -0.2) is 19.1 Å². The molecule has 0 radical (unpaired) electrons. The van der Waals surface area contributed by atoms with E-state index in [0.717, 1.165) is 0 Å². The molecule has 2 N–H and O–H groups in total. The van der Waals surface area contributed by atoms with Gasteiger partial charge >= 0.3 is 0 Å². The number of carbonyl (C=O) groups is 1. The summed E-state index contributed by atoms with van der Waals surface area (Å²) in [6, 6.07) is 10.8. The smallest absolute Gasteiger partial charge is 0.258 e. The van der Waals surface area contributed by atoms with Crippen LogP contribution < -0.4 is 15.4 Å². The largest absolute Gasteiger partial charge is 0.487 e. The minimum Gasteiger partial charge on any atom is -0.487 e. The minimum atomic E-state index is -0.367. The zero-order valence-corrected chi connectivity index (χ0v) is 10.7. The van der Waals surface area contributed by atoms with Crippen molar-refractivity contribution in [2.75, 3.05) is 23.8 Å². The van der Waals surface area contributed by atoms with Crippen LogP contribution in [0.2, 0.25) is 0 Å². The Kier molecular flexibility index (Phi) is 3.02. The Morgan fingerprint density at radius 2 is 1.95 bits per heavy atom. The fraction of sp³-hybridized carbons (Fsp3) is 0.133. The summed E-state index contributed by atoms with van der Waals surface area (Å²) < 4.78 is 18.4. The quantitative estimate of drug-likeness (QED) is 0.811. The number of nitrogen functional groups attached to an aromatic ring is 1. The number of anilines is 2. The van der Waals surface area contributed by atoms with Crippen molar-refractivity contribution in [3.63, 3.8) is 0 Å². The van der Waals surface area contributed by atoms with Gasteiger partial charge in [0.2, 0.25) is 0 Å². The summed E-state index contributed by atoms with van der Waals surface area (Å²) in [5.41, 5.74) is 7.43. The summed E-state index contributed by atoms with van der Waals surface area (Å²) in [7, 11) is 0. The van der Waals surface area contributed by atoms with Gasteiger partial charge in [0.15, 0.2) is 5.75 Å². The zero-order valence-electron chi connectivity index (χ0n) is 10.7. The molecule has 0 spiro atoms. The van der Waals surface area contributed by atoms with E-state index in [1.807, 2.05) is 0 Å². The van der Waals surface area contributed by atoms with Crippen molar-refractivity contribution < 1.29 is 13.9 Å². The van der Waals surface area contributed by atoms with Crippen LogP contribution in [0.4, 0.5) is 15.8 Å². The van der Waals surface area contributed by atoms with Gasteiger partial charge in [0, 0.05) is 5.56 Å². The van der Waals surface area contributed by atoms with Crippen LogP contribution in [-0.2, 0) is 0 Å². The van der Waals surface area contributed by atoms with Crippen LogP contribution in [0.3, 0.4) is 0 Å². The van der Waals surface area contributed by atoms with E-state index in [9.17, 15) is 9.18 Å². The van der Waals surface area contributed by atoms with Crippen LogP contribution in [0.15, 0.2) is 42.5 Å². The van der Waals surface area contributed by atoms with E-state index in [0.29, 0.717) is 35.8 Å². The van der Waals surface area contributed by atoms with Crippen molar-refractivity contribution in [2.45, 2.75) is 0 Å². The van der Waals surface area contributed by atoms with Gasteiger partial charge in [-0.05, 0) is 36.4 Å². The molecule has 2 aromatic carbocycles. The Morgan fingerprint density at radius 1 is 1.20 bits per heavy atom. The third kappa shape index (κ3) is 2.07. The molecule has 1 aliphatic heterocycles. The molecule has 0 atom stereocenters. The van der Waals surface area contributed by atoms with Gasteiger partial charge in [-0.3, -0.25) is 4.79 Å². The van der Waals surface area contributed by atoms with E-state index >= 15 is 0 Å². The Labute approximate surface area is 115 Å². The number of rotatable bonds is 1. The number of benzene rings is 2. The third-order valence-electron chi connectivity index (χ3n) is 3.21. The van der Waals surface area contributed by atoms with Gasteiger partial charge in [-0.15, -0.1) is 0 Å². The standard InChI is InChI=1S/C15H13FN2O2/c16-11-6-4-10(5-7-11)15(19)18-8-9-20-14-12(17)2-1-3-13(14)18/h1-7H,8-9,17H2. The van der Waals surface area contributed by atoms with Crippen LogP contribution in [0.5, 0.6) is 5.75 Å². The summed E-state index contributed by atoms with van der Waals surface area (Å²) in [5, 5.41) is 0. The highest BCUT2D eigenvalue weighted by molar-refractivity contribution is 6.07. The molecule has 0 unspecified atom stereocenters. The van der Waals surface area contributed by atoms with Gasteiger partial charge in [0.1, 0.15) is 12.4 Å². The zero-order chi connectivity index (χ0) is 14.1. The summed E-state index contributed by atoms with van der Waals surface area (Å²) in [5.74, 6) is -0.0393. The molecule has 0 bridgehead atoms. The lowest BCUT2D eigenvalue weighted by molar-refractivity contribution is 0.0976. The van der Waals surface area contributed by atoms with Crippen LogP contribution >= 0.6 is 0 Å². The molecule has 102 valence electrons. The van der Waals surface area contributed by atoms with E-state index in [2.05, 4.69) is 0 Å². The second-order valence-electron chi connectivity index (χ2n) is 4.51. The second-order valence-corrected chi connectivity index (χ2v) is 4.51. The first-order valence-electron chi connectivity index (χ1n) is 6.25. The average molecular weight is 272 g/mol. The van der Waals surface area contributed by atoms with E-state index in [1.54, 1.807) is 23.1 Å². The molecule has 0 aliphatic carbocycles. The number of carbonyl (C=O) groups excluding carboxylic acids is 1. The molecular weight excluding hydrogens is 259 g/mol. The van der Waals surface area contributed by atoms with Gasteiger partial charge in [-0.2, -0.15) is 0 Å². The summed E-state index contributed by atoms with van der Waals surface area (Å²) >= 11 is 0. The molecule has 4 nitrogen and oxygen atoms in total. The number of fused-ring (bicyclic) bond motifs is 1. The van der Waals surface area contributed by atoms with E-state index < -0.39 is 0 Å². The summed E-state index contributed by atoms with van der Waals surface area (Å²) in [6.45, 7) is 0.820. The summed E-state index contributed by atoms with van der Waals surface area (Å²) in [4.78, 5) is 14.1. The van der Waals surface area contributed by atoms with Crippen molar-refractivity contribution >= 4 is 17.3 Å². The topological polar surface area (TPSA) is 55.6 Å². The lowest BCUT2D eigenvalue weighted by Crippen LogP contribution is -2.38. The van der Waals surface area contributed by atoms with Gasteiger partial charge in [-0.1, -0.05) is 6.07 Å². The van der Waals surface area contributed by atoms with Crippen molar-refractivity contribution in [3.8, 4) is 5.75 Å². The Bertz CT molecular complexity index is 655. The molecule has 1 amide bonds. The minimum absolute atomic E-state index is 0.194. The lowest BCUT2D eigenvalue weighted by Gasteiger charge is -2.30. The predicted molar refractivity (Wildman–Crippen MR) is 74.4 cm³/mol. The first-order chi connectivity index (χ1) is 9.66. The maximum absolute atomic E-state index is 12.9. The number of halogens is 1. The van der Waals surface area contributed by atoms with Crippen molar-refractivity contribution in [1.29, 1.82) is 0 Å². The number of nitrogens with zero attached hydrogens (tertiary/aromatic N) is 1. The molecule has 0 saturated heterocycles. The van der Waals surface area contributed by atoms with E-state index in [4.69, 9.17) is 10.5 Å². The van der Waals surface area contributed by atoms with Crippen LogP contribution in [0, 0.1) is 5.82 Å². The normalized spacial score (nSPS) is 13.6. The van der Waals surface area contributed by atoms with Crippen molar-refractivity contribution in [1.82, 2.24) is 0 Å². The monoisotopic (exact) mass is 272 g/mol. The van der Waals surface area contributed by atoms with Gasteiger partial charge in [-0.25, -0.2) is 4.39 Å². The predicted octanol–water partition coefficient (Wildman–Crippen LogP) is 2.45. The van der Waals surface area contributed by atoms with Crippen LogP contribution in [0.1, 0.15) is 10.4 Å². The van der Waals surface area contributed by atoms with Crippen LogP contribution in [0.25, 0.3) is 0 Å².